The molecule has 2 heterocycles. The Morgan fingerprint density at radius 2 is 1.86 bits per heavy atom. The van der Waals surface area contributed by atoms with Crippen molar-refractivity contribution in [1.29, 1.82) is 0 Å². The van der Waals surface area contributed by atoms with Crippen LogP contribution >= 0.6 is 0 Å². The molecule has 2 aliphatic heterocycles. The fourth-order valence-electron chi connectivity index (χ4n) is 5.26. The first-order valence-electron chi connectivity index (χ1n) is 9.41. The summed E-state index contributed by atoms with van der Waals surface area (Å²) in [6.07, 6.45) is 8.58. The lowest BCUT2D eigenvalue weighted by Gasteiger charge is -2.35. The number of nitrogens with one attached hydrogen (secondary N) is 1. The van der Waals surface area contributed by atoms with Gasteiger partial charge in [0.05, 0.1) is 0 Å². The van der Waals surface area contributed by atoms with Gasteiger partial charge >= 0.3 is 0 Å². The zero-order valence-electron chi connectivity index (χ0n) is 13.7. The van der Waals surface area contributed by atoms with Gasteiger partial charge in [-0.05, 0) is 56.2 Å². The van der Waals surface area contributed by atoms with Crippen LogP contribution < -0.4 is 5.32 Å². The molecule has 2 saturated heterocycles. The van der Waals surface area contributed by atoms with Crippen LogP contribution in [0.3, 0.4) is 0 Å². The first kappa shape index (κ1) is 14.7. The maximum absolute atomic E-state index is 3.60. The highest BCUT2D eigenvalue weighted by molar-refractivity contribution is 5.23. The second-order valence-electron chi connectivity index (χ2n) is 7.70. The minimum absolute atomic E-state index is 0.781. The molecule has 3 aliphatic rings. The third kappa shape index (κ3) is 2.96. The Hall–Kier alpha value is -0.860. The third-order valence-electron chi connectivity index (χ3n) is 6.32. The lowest BCUT2D eigenvalue weighted by atomic mass is 9.77. The van der Waals surface area contributed by atoms with Gasteiger partial charge in [0.2, 0.25) is 0 Å². The molecule has 1 aromatic carbocycles. The van der Waals surface area contributed by atoms with E-state index in [4.69, 9.17) is 0 Å². The highest BCUT2D eigenvalue weighted by atomic mass is 15.2. The molecule has 0 aromatic heterocycles. The molecule has 4 unspecified atom stereocenters. The lowest BCUT2D eigenvalue weighted by molar-refractivity contribution is 0.149. The van der Waals surface area contributed by atoms with Crippen LogP contribution in [0.25, 0.3) is 0 Å². The first-order valence-corrected chi connectivity index (χ1v) is 9.41. The van der Waals surface area contributed by atoms with Crippen molar-refractivity contribution in [2.45, 2.75) is 50.5 Å². The maximum Gasteiger partial charge on any atom is 0.0130 e. The number of hydrogen-bond acceptors (Lipinski definition) is 2. The van der Waals surface area contributed by atoms with Gasteiger partial charge in [-0.2, -0.15) is 0 Å². The second-order valence-corrected chi connectivity index (χ2v) is 7.70. The van der Waals surface area contributed by atoms with Crippen LogP contribution in [0.2, 0.25) is 0 Å². The first-order chi connectivity index (χ1) is 10.9. The highest BCUT2D eigenvalue weighted by Crippen LogP contribution is 2.45. The highest BCUT2D eigenvalue weighted by Gasteiger charge is 2.43. The Balaban J connectivity index is 1.50. The molecule has 22 heavy (non-hydrogen) atoms. The normalized spacial score (nSPS) is 36.2. The number of benzene rings is 1. The van der Waals surface area contributed by atoms with Crippen molar-refractivity contribution in [3.63, 3.8) is 0 Å². The van der Waals surface area contributed by atoms with Gasteiger partial charge in [0.15, 0.2) is 0 Å². The molecule has 0 radical (unpaired) electrons. The van der Waals surface area contributed by atoms with Gasteiger partial charge in [-0.1, -0.05) is 43.2 Å². The number of fused-ring (bicyclic) bond motifs is 1. The number of rotatable bonds is 3. The van der Waals surface area contributed by atoms with E-state index in [0.29, 0.717) is 0 Å². The summed E-state index contributed by atoms with van der Waals surface area (Å²) in [4.78, 5) is 2.87. The van der Waals surface area contributed by atoms with Gasteiger partial charge < -0.3 is 5.32 Å². The van der Waals surface area contributed by atoms with Crippen LogP contribution in [0.15, 0.2) is 30.3 Å². The van der Waals surface area contributed by atoms with E-state index >= 15 is 0 Å². The average molecular weight is 298 g/mol. The average Bonchev–Trinajstić information content (AvgIpc) is 2.96. The van der Waals surface area contributed by atoms with Crippen molar-refractivity contribution in [1.82, 2.24) is 10.2 Å². The van der Waals surface area contributed by atoms with Gasteiger partial charge in [0.25, 0.3) is 0 Å². The predicted molar refractivity (Wildman–Crippen MR) is 92.1 cm³/mol. The summed E-state index contributed by atoms with van der Waals surface area (Å²) in [7, 11) is 0. The number of nitrogens with zero attached hydrogens (tertiary/aromatic N) is 1. The molecular weight excluding hydrogens is 268 g/mol. The van der Waals surface area contributed by atoms with E-state index in [-0.39, 0.29) is 0 Å². The van der Waals surface area contributed by atoms with Crippen molar-refractivity contribution in [3.8, 4) is 0 Å². The van der Waals surface area contributed by atoms with Crippen molar-refractivity contribution < 1.29 is 0 Å². The SMILES string of the molecule is c1ccc(C2CN(CC3CCCNC3)C3CCCCC23)cc1. The molecule has 0 spiro atoms. The Morgan fingerprint density at radius 1 is 1.00 bits per heavy atom. The molecule has 1 N–H and O–H groups in total. The van der Waals surface area contributed by atoms with Gasteiger partial charge in [-0.15, -0.1) is 0 Å². The van der Waals surface area contributed by atoms with Crippen molar-refractivity contribution in [3.05, 3.63) is 35.9 Å². The summed E-state index contributed by atoms with van der Waals surface area (Å²) in [6.45, 7) is 5.10. The lowest BCUT2D eigenvalue weighted by Crippen LogP contribution is -2.42. The predicted octanol–water partition coefficient (Wildman–Crippen LogP) is 3.64. The Bertz CT molecular complexity index is 466. The Kier molecular flexibility index (Phi) is 4.49. The van der Waals surface area contributed by atoms with Crippen molar-refractivity contribution in [2.75, 3.05) is 26.2 Å². The minimum atomic E-state index is 0.781. The molecule has 2 nitrogen and oxygen atoms in total. The molecule has 4 atom stereocenters. The van der Waals surface area contributed by atoms with Crippen LogP contribution in [-0.2, 0) is 0 Å². The van der Waals surface area contributed by atoms with E-state index in [1.54, 1.807) is 5.56 Å². The summed E-state index contributed by atoms with van der Waals surface area (Å²) < 4.78 is 0. The maximum atomic E-state index is 3.60. The van der Waals surface area contributed by atoms with Gasteiger partial charge in [0, 0.05) is 25.0 Å². The fraction of sp³-hybridized carbons (Fsp3) is 0.700. The van der Waals surface area contributed by atoms with E-state index < -0.39 is 0 Å². The van der Waals surface area contributed by atoms with Gasteiger partial charge in [-0.25, -0.2) is 0 Å². The summed E-state index contributed by atoms with van der Waals surface area (Å²) >= 11 is 0. The standard InChI is InChI=1S/C20H30N2/c1-2-8-17(9-3-1)19-15-22(14-16-7-6-12-21-13-16)20-11-5-4-10-18(19)20/h1-3,8-9,16,18-21H,4-7,10-15H2. The zero-order valence-corrected chi connectivity index (χ0v) is 13.7. The molecule has 3 fully saturated rings. The van der Waals surface area contributed by atoms with E-state index in [1.165, 1.54) is 64.7 Å². The minimum Gasteiger partial charge on any atom is -0.316 e. The molecule has 0 amide bonds. The van der Waals surface area contributed by atoms with Gasteiger partial charge in [0.1, 0.15) is 0 Å². The Morgan fingerprint density at radius 3 is 2.68 bits per heavy atom. The van der Waals surface area contributed by atoms with Crippen LogP contribution in [0, 0.1) is 11.8 Å². The smallest absolute Gasteiger partial charge is 0.0130 e. The number of hydrogen-bond donors (Lipinski definition) is 1. The van der Waals surface area contributed by atoms with Crippen LogP contribution in [0.1, 0.15) is 50.0 Å². The van der Waals surface area contributed by atoms with E-state index in [1.807, 2.05) is 0 Å². The summed E-state index contributed by atoms with van der Waals surface area (Å²) in [5.74, 6) is 2.57. The quantitative estimate of drug-likeness (QED) is 0.916. The van der Waals surface area contributed by atoms with Crippen LogP contribution in [0.5, 0.6) is 0 Å². The molecular formula is C20H30N2. The van der Waals surface area contributed by atoms with E-state index in [2.05, 4.69) is 40.5 Å². The van der Waals surface area contributed by atoms with E-state index in [9.17, 15) is 0 Å². The fourth-order valence-corrected chi connectivity index (χ4v) is 5.26. The summed E-state index contributed by atoms with van der Waals surface area (Å²) in [5, 5.41) is 3.60. The van der Waals surface area contributed by atoms with Crippen molar-refractivity contribution in [2.24, 2.45) is 11.8 Å². The molecule has 4 rings (SSSR count). The zero-order chi connectivity index (χ0) is 14.8. The largest absolute Gasteiger partial charge is 0.316 e. The molecule has 120 valence electrons. The number of piperidine rings is 1. The van der Waals surface area contributed by atoms with Crippen LogP contribution in [0.4, 0.5) is 0 Å². The summed E-state index contributed by atoms with van der Waals surface area (Å²) in [6, 6.07) is 12.2. The monoisotopic (exact) mass is 298 g/mol. The third-order valence-corrected chi connectivity index (χ3v) is 6.32. The number of likely N-dealkylation sites (tertiary alicyclic amines) is 1. The molecule has 1 aliphatic carbocycles. The van der Waals surface area contributed by atoms with Gasteiger partial charge in [-0.3, -0.25) is 4.90 Å². The van der Waals surface area contributed by atoms with E-state index in [0.717, 1.165) is 23.8 Å². The molecule has 0 bridgehead atoms. The van der Waals surface area contributed by atoms with Crippen molar-refractivity contribution >= 4 is 0 Å². The molecule has 2 heteroatoms. The second kappa shape index (κ2) is 6.72. The summed E-state index contributed by atoms with van der Waals surface area (Å²) in [5.41, 5.74) is 1.59. The molecule has 1 saturated carbocycles. The van der Waals surface area contributed by atoms with Crippen LogP contribution in [-0.4, -0.2) is 37.1 Å². The topological polar surface area (TPSA) is 15.3 Å². The Labute approximate surface area is 135 Å². The molecule has 1 aromatic rings.